The van der Waals surface area contributed by atoms with E-state index >= 15 is 0 Å². The second-order valence-corrected chi connectivity index (χ2v) is 6.08. The molecule has 1 saturated heterocycles. The first kappa shape index (κ1) is 17.8. The topological polar surface area (TPSA) is 53.6 Å². The first-order valence-corrected chi connectivity index (χ1v) is 8.57. The maximum Gasteiger partial charge on any atom is 0.234 e. The van der Waals surface area contributed by atoms with Crippen LogP contribution in [0.1, 0.15) is 31.7 Å². The van der Waals surface area contributed by atoms with Gasteiger partial charge in [-0.3, -0.25) is 9.69 Å². The molecule has 0 bridgehead atoms. The van der Waals surface area contributed by atoms with Gasteiger partial charge >= 0.3 is 0 Å². The normalized spacial score (nSPS) is 15.6. The molecule has 1 heterocycles. The van der Waals surface area contributed by atoms with E-state index in [-0.39, 0.29) is 5.91 Å². The molecule has 0 radical (unpaired) electrons. The van der Waals surface area contributed by atoms with Gasteiger partial charge in [-0.25, -0.2) is 0 Å². The van der Waals surface area contributed by atoms with Gasteiger partial charge in [0, 0.05) is 12.6 Å². The predicted octanol–water partition coefficient (Wildman–Crippen LogP) is 1.78. The summed E-state index contributed by atoms with van der Waals surface area (Å²) in [5, 5.41) is 6.41. The lowest BCUT2D eigenvalue weighted by atomic mass is 10.0. The maximum absolute atomic E-state index is 12.3. The highest BCUT2D eigenvalue weighted by Crippen LogP contribution is 2.13. The first-order chi connectivity index (χ1) is 11.2. The van der Waals surface area contributed by atoms with Crippen LogP contribution in [0.15, 0.2) is 24.3 Å². The van der Waals surface area contributed by atoms with Crippen LogP contribution in [0.2, 0.25) is 0 Å². The molecule has 1 amide bonds. The summed E-state index contributed by atoms with van der Waals surface area (Å²) in [6.07, 6.45) is 3.33. The molecule has 5 heteroatoms. The number of rotatable bonds is 8. The Labute approximate surface area is 139 Å². The number of amides is 1. The van der Waals surface area contributed by atoms with Gasteiger partial charge in [-0.2, -0.15) is 0 Å². The minimum Gasteiger partial charge on any atom is -0.497 e. The monoisotopic (exact) mass is 319 g/mol. The fraction of sp³-hybridized carbons (Fsp3) is 0.611. The molecule has 0 aromatic heterocycles. The largest absolute Gasteiger partial charge is 0.497 e. The van der Waals surface area contributed by atoms with Crippen LogP contribution in [0, 0.1) is 0 Å². The number of nitrogens with one attached hydrogen (secondary N) is 2. The summed E-state index contributed by atoms with van der Waals surface area (Å²) < 4.78 is 5.21. The summed E-state index contributed by atoms with van der Waals surface area (Å²) >= 11 is 0. The summed E-state index contributed by atoms with van der Waals surface area (Å²) in [4.78, 5) is 14.6. The van der Waals surface area contributed by atoms with Gasteiger partial charge < -0.3 is 15.4 Å². The smallest absolute Gasteiger partial charge is 0.234 e. The van der Waals surface area contributed by atoms with Crippen LogP contribution in [0.5, 0.6) is 5.75 Å². The average molecular weight is 319 g/mol. The molecule has 2 rings (SSSR count). The molecule has 0 spiro atoms. The van der Waals surface area contributed by atoms with Crippen molar-refractivity contribution in [1.29, 1.82) is 0 Å². The molecule has 0 saturated carbocycles. The maximum atomic E-state index is 12.3. The number of hydrogen-bond donors (Lipinski definition) is 2. The van der Waals surface area contributed by atoms with Crippen molar-refractivity contribution in [2.24, 2.45) is 0 Å². The Hall–Kier alpha value is -1.59. The molecule has 128 valence electrons. The number of ether oxygens (including phenoxy) is 1. The Bertz CT molecular complexity index is 487. The van der Waals surface area contributed by atoms with E-state index in [1.807, 2.05) is 24.3 Å². The lowest BCUT2D eigenvalue weighted by molar-refractivity contribution is -0.123. The fourth-order valence-electron chi connectivity index (χ4n) is 3.07. The van der Waals surface area contributed by atoms with Crippen LogP contribution in [0.4, 0.5) is 0 Å². The molecule has 0 atom stereocenters. The van der Waals surface area contributed by atoms with Crippen molar-refractivity contribution in [2.75, 3.05) is 33.3 Å². The van der Waals surface area contributed by atoms with Crippen molar-refractivity contribution in [3.8, 4) is 5.75 Å². The molecule has 1 aromatic carbocycles. The molecule has 1 aliphatic rings. The van der Waals surface area contributed by atoms with Crippen LogP contribution in [-0.4, -0.2) is 50.1 Å². The zero-order valence-electron chi connectivity index (χ0n) is 14.3. The van der Waals surface area contributed by atoms with Crippen LogP contribution < -0.4 is 15.4 Å². The third kappa shape index (κ3) is 5.84. The molecule has 0 aliphatic carbocycles. The third-order valence-corrected chi connectivity index (χ3v) is 4.31. The van der Waals surface area contributed by atoms with E-state index in [9.17, 15) is 4.79 Å². The second-order valence-electron chi connectivity index (χ2n) is 6.08. The number of methoxy groups -OCH3 is 1. The van der Waals surface area contributed by atoms with E-state index in [1.54, 1.807) is 7.11 Å². The van der Waals surface area contributed by atoms with Crippen LogP contribution >= 0.6 is 0 Å². The Morgan fingerprint density at radius 1 is 1.39 bits per heavy atom. The Balaban J connectivity index is 1.83. The number of nitrogens with zero attached hydrogens (tertiary/aromatic N) is 1. The van der Waals surface area contributed by atoms with E-state index < -0.39 is 0 Å². The number of hydrogen-bond acceptors (Lipinski definition) is 4. The molecule has 0 unspecified atom stereocenters. The lowest BCUT2D eigenvalue weighted by Gasteiger charge is -2.34. The molecule has 2 N–H and O–H groups in total. The van der Waals surface area contributed by atoms with Gasteiger partial charge in [-0.15, -0.1) is 0 Å². The highest BCUT2D eigenvalue weighted by atomic mass is 16.5. The molecule has 1 fully saturated rings. The summed E-state index contributed by atoms with van der Waals surface area (Å²) in [6.45, 7) is 6.29. The van der Waals surface area contributed by atoms with Gasteiger partial charge in [-0.05, 0) is 56.6 Å². The van der Waals surface area contributed by atoms with Crippen molar-refractivity contribution in [1.82, 2.24) is 15.5 Å². The predicted molar refractivity (Wildman–Crippen MR) is 92.6 cm³/mol. The fourth-order valence-corrected chi connectivity index (χ4v) is 3.07. The van der Waals surface area contributed by atoms with Crippen LogP contribution in [0.3, 0.4) is 0 Å². The van der Waals surface area contributed by atoms with Crippen molar-refractivity contribution in [3.05, 3.63) is 29.8 Å². The molecular weight excluding hydrogens is 290 g/mol. The highest BCUT2D eigenvalue weighted by Gasteiger charge is 2.22. The van der Waals surface area contributed by atoms with Crippen LogP contribution in [-0.2, 0) is 11.3 Å². The number of benzene rings is 1. The standard InChI is InChI=1S/C18H29N3O2/c1-3-11-21(16-7-9-19-10-8-16)14-18(22)20-13-15-5-4-6-17(12-15)23-2/h4-6,12,16,19H,3,7-11,13-14H2,1-2H3,(H,20,22). The Morgan fingerprint density at radius 3 is 2.87 bits per heavy atom. The lowest BCUT2D eigenvalue weighted by Crippen LogP contribution is -2.47. The summed E-state index contributed by atoms with van der Waals surface area (Å²) in [5.41, 5.74) is 1.06. The van der Waals surface area contributed by atoms with E-state index in [0.717, 1.165) is 50.2 Å². The van der Waals surface area contributed by atoms with Crippen molar-refractivity contribution >= 4 is 5.91 Å². The molecular formula is C18H29N3O2. The second kappa shape index (κ2) is 9.53. The third-order valence-electron chi connectivity index (χ3n) is 4.31. The van der Waals surface area contributed by atoms with Crippen molar-refractivity contribution < 1.29 is 9.53 Å². The van der Waals surface area contributed by atoms with Gasteiger partial charge in [0.25, 0.3) is 0 Å². The van der Waals surface area contributed by atoms with Gasteiger partial charge in [0.1, 0.15) is 5.75 Å². The average Bonchev–Trinajstić information content (AvgIpc) is 2.60. The Kier molecular flexibility index (Phi) is 7.36. The number of piperidine rings is 1. The quantitative estimate of drug-likeness (QED) is 0.767. The van der Waals surface area contributed by atoms with E-state index in [0.29, 0.717) is 19.1 Å². The van der Waals surface area contributed by atoms with Gasteiger partial charge in [-0.1, -0.05) is 19.1 Å². The first-order valence-electron chi connectivity index (χ1n) is 8.57. The van der Waals surface area contributed by atoms with Gasteiger partial charge in [0.2, 0.25) is 5.91 Å². The molecule has 1 aliphatic heterocycles. The summed E-state index contributed by atoms with van der Waals surface area (Å²) in [7, 11) is 1.65. The SMILES string of the molecule is CCCN(CC(=O)NCc1cccc(OC)c1)C1CCNCC1. The van der Waals surface area contributed by atoms with Gasteiger partial charge in [0.05, 0.1) is 13.7 Å². The molecule has 5 nitrogen and oxygen atoms in total. The summed E-state index contributed by atoms with van der Waals surface area (Å²) in [5.74, 6) is 0.916. The van der Waals surface area contributed by atoms with Crippen molar-refractivity contribution in [2.45, 2.75) is 38.8 Å². The Morgan fingerprint density at radius 2 is 2.17 bits per heavy atom. The minimum atomic E-state index is 0.0970. The van der Waals surface area contributed by atoms with Crippen LogP contribution in [0.25, 0.3) is 0 Å². The molecule has 1 aromatic rings. The van der Waals surface area contributed by atoms with E-state index in [2.05, 4.69) is 22.5 Å². The number of carbonyl (C=O) groups excluding carboxylic acids is 1. The van der Waals surface area contributed by atoms with Gasteiger partial charge in [0.15, 0.2) is 0 Å². The highest BCUT2D eigenvalue weighted by molar-refractivity contribution is 5.78. The van der Waals surface area contributed by atoms with Crippen molar-refractivity contribution in [3.63, 3.8) is 0 Å². The zero-order chi connectivity index (χ0) is 16.5. The number of carbonyl (C=O) groups is 1. The summed E-state index contributed by atoms with van der Waals surface area (Å²) in [6, 6.07) is 8.33. The van der Waals surface area contributed by atoms with E-state index in [1.165, 1.54) is 0 Å². The van der Waals surface area contributed by atoms with E-state index in [4.69, 9.17) is 4.74 Å². The molecule has 23 heavy (non-hydrogen) atoms. The zero-order valence-corrected chi connectivity index (χ0v) is 14.3. The minimum absolute atomic E-state index is 0.0970.